The van der Waals surface area contributed by atoms with Crippen LogP contribution in [-0.4, -0.2) is 26.3 Å². The van der Waals surface area contributed by atoms with Crippen molar-refractivity contribution in [3.63, 3.8) is 0 Å². The Bertz CT molecular complexity index is 129. The Kier molecular flexibility index (Phi) is 2.66. The molecule has 0 amide bonds. The molecule has 70 valence electrons. The smallest absolute Gasteiger partial charge is 0.0587 e. The summed E-state index contributed by atoms with van der Waals surface area (Å²) in [5.74, 6) is 2.02. The lowest BCUT2D eigenvalue weighted by atomic mass is 10.1. The molecule has 2 aliphatic carbocycles. The summed E-state index contributed by atoms with van der Waals surface area (Å²) in [6.45, 7) is 1.89. The third-order valence-electron chi connectivity index (χ3n) is 2.95. The van der Waals surface area contributed by atoms with Crippen molar-refractivity contribution < 1.29 is 4.74 Å². The minimum atomic E-state index is 0.833. The van der Waals surface area contributed by atoms with Crippen LogP contribution in [0.25, 0.3) is 0 Å². The number of methoxy groups -OCH3 is 1. The average molecular weight is 169 g/mol. The summed E-state index contributed by atoms with van der Waals surface area (Å²) in [5, 5.41) is 3.62. The highest BCUT2D eigenvalue weighted by Gasteiger charge is 2.40. The molecule has 0 unspecified atom stereocenters. The van der Waals surface area contributed by atoms with Crippen LogP contribution in [0.2, 0.25) is 0 Å². The number of rotatable bonds is 6. The highest BCUT2D eigenvalue weighted by molar-refractivity contribution is 4.96. The van der Waals surface area contributed by atoms with Gasteiger partial charge in [0.05, 0.1) is 6.61 Å². The van der Waals surface area contributed by atoms with Crippen molar-refractivity contribution >= 4 is 0 Å². The van der Waals surface area contributed by atoms with Gasteiger partial charge in [0, 0.05) is 19.7 Å². The molecule has 0 radical (unpaired) electrons. The second-order valence-electron chi connectivity index (χ2n) is 4.15. The average Bonchev–Trinajstić information content (AvgIpc) is 2.87. The lowest BCUT2D eigenvalue weighted by molar-refractivity contribution is 0.192. The summed E-state index contributed by atoms with van der Waals surface area (Å²) in [6.07, 6.45) is 5.84. The van der Waals surface area contributed by atoms with E-state index < -0.39 is 0 Å². The molecule has 2 heteroatoms. The van der Waals surface area contributed by atoms with E-state index in [1.807, 2.05) is 0 Å². The molecule has 0 heterocycles. The number of hydrogen-bond acceptors (Lipinski definition) is 2. The van der Waals surface area contributed by atoms with Crippen LogP contribution >= 0.6 is 0 Å². The lowest BCUT2D eigenvalue weighted by Gasteiger charge is -2.16. The fourth-order valence-electron chi connectivity index (χ4n) is 1.96. The molecule has 2 aliphatic rings. The molecule has 0 aromatic carbocycles. The van der Waals surface area contributed by atoms with Gasteiger partial charge in [-0.1, -0.05) is 0 Å². The van der Waals surface area contributed by atoms with Gasteiger partial charge in [0.1, 0.15) is 0 Å². The first-order chi connectivity index (χ1) is 5.92. The molecule has 12 heavy (non-hydrogen) atoms. The molecule has 0 aromatic rings. The van der Waals surface area contributed by atoms with Crippen LogP contribution in [0.4, 0.5) is 0 Å². The van der Waals surface area contributed by atoms with Gasteiger partial charge in [0.25, 0.3) is 0 Å². The minimum absolute atomic E-state index is 0.833. The zero-order valence-electron chi connectivity index (χ0n) is 7.88. The van der Waals surface area contributed by atoms with Crippen LogP contribution in [-0.2, 0) is 4.74 Å². The van der Waals surface area contributed by atoms with E-state index in [4.69, 9.17) is 4.74 Å². The Morgan fingerprint density at radius 1 is 1.25 bits per heavy atom. The van der Waals surface area contributed by atoms with Crippen LogP contribution in [0, 0.1) is 11.8 Å². The first-order valence-corrected chi connectivity index (χ1v) is 5.14. The van der Waals surface area contributed by atoms with Crippen molar-refractivity contribution in [2.45, 2.75) is 31.7 Å². The molecule has 1 N–H and O–H groups in total. The van der Waals surface area contributed by atoms with Gasteiger partial charge in [-0.05, 0) is 37.5 Å². The quantitative estimate of drug-likeness (QED) is 0.607. The first-order valence-electron chi connectivity index (χ1n) is 5.14. The zero-order valence-corrected chi connectivity index (χ0v) is 7.88. The van der Waals surface area contributed by atoms with E-state index in [9.17, 15) is 0 Å². The van der Waals surface area contributed by atoms with Crippen molar-refractivity contribution in [2.75, 3.05) is 20.3 Å². The Morgan fingerprint density at radius 2 is 1.83 bits per heavy atom. The van der Waals surface area contributed by atoms with Gasteiger partial charge in [0.2, 0.25) is 0 Å². The monoisotopic (exact) mass is 169 g/mol. The molecule has 2 rings (SSSR count). The first kappa shape index (κ1) is 8.52. The SMILES string of the molecule is COCCNC(C1CC1)C1CC1. The van der Waals surface area contributed by atoms with Crippen molar-refractivity contribution in [1.29, 1.82) is 0 Å². The van der Waals surface area contributed by atoms with Gasteiger partial charge in [0.15, 0.2) is 0 Å². The maximum atomic E-state index is 5.03. The van der Waals surface area contributed by atoms with Gasteiger partial charge < -0.3 is 10.1 Å². The summed E-state index contributed by atoms with van der Waals surface area (Å²) < 4.78 is 5.03. The predicted molar refractivity (Wildman–Crippen MR) is 49.1 cm³/mol. The van der Waals surface area contributed by atoms with Gasteiger partial charge >= 0.3 is 0 Å². The molecular weight excluding hydrogens is 150 g/mol. The third-order valence-corrected chi connectivity index (χ3v) is 2.95. The van der Waals surface area contributed by atoms with Crippen molar-refractivity contribution in [1.82, 2.24) is 5.32 Å². The molecule has 0 spiro atoms. The molecular formula is C10H19NO. The molecule has 2 saturated carbocycles. The van der Waals surface area contributed by atoms with E-state index in [0.717, 1.165) is 31.0 Å². The van der Waals surface area contributed by atoms with Crippen molar-refractivity contribution in [3.05, 3.63) is 0 Å². The largest absolute Gasteiger partial charge is 0.383 e. The number of nitrogens with one attached hydrogen (secondary N) is 1. The van der Waals surface area contributed by atoms with E-state index in [0.29, 0.717) is 0 Å². The second kappa shape index (κ2) is 3.75. The summed E-state index contributed by atoms with van der Waals surface area (Å²) in [7, 11) is 1.77. The van der Waals surface area contributed by atoms with E-state index in [1.165, 1.54) is 25.7 Å². The fraction of sp³-hybridized carbons (Fsp3) is 1.00. The zero-order chi connectivity index (χ0) is 8.39. The highest BCUT2D eigenvalue weighted by Crippen LogP contribution is 2.44. The van der Waals surface area contributed by atoms with Crippen LogP contribution in [0.1, 0.15) is 25.7 Å². The van der Waals surface area contributed by atoms with E-state index in [-0.39, 0.29) is 0 Å². The van der Waals surface area contributed by atoms with Gasteiger partial charge in [-0.3, -0.25) is 0 Å². The Morgan fingerprint density at radius 3 is 2.25 bits per heavy atom. The summed E-state index contributed by atoms with van der Waals surface area (Å²) in [4.78, 5) is 0. The van der Waals surface area contributed by atoms with Crippen LogP contribution < -0.4 is 5.32 Å². The van der Waals surface area contributed by atoms with Crippen LogP contribution in [0.15, 0.2) is 0 Å². The molecule has 0 aliphatic heterocycles. The second-order valence-corrected chi connectivity index (χ2v) is 4.15. The standard InChI is InChI=1S/C10H19NO/c1-12-7-6-11-10(8-2-3-8)9-4-5-9/h8-11H,2-7H2,1H3. The third kappa shape index (κ3) is 2.20. The normalized spacial score (nSPS) is 23.5. The number of hydrogen-bond donors (Lipinski definition) is 1. The molecule has 2 fully saturated rings. The Hall–Kier alpha value is -0.0800. The maximum Gasteiger partial charge on any atom is 0.0587 e. The predicted octanol–water partition coefficient (Wildman–Crippen LogP) is 1.41. The Labute approximate surface area is 74.7 Å². The molecule has 0 atom stereocenters. The van der Waals surface area contributed by atoms with Crippen LogP contribution in [0.5, 0.6) is 0 Å². The van der Waals surface area contributed by atoms with Gasteiger partial charge in [-0.25, -0.2) is 0 Å². The minimum Gasteiger partial charge on any atom is -0.383 e. The number of ether oxygens (including phenoxy) is 1. The Balaban J connectivity index is 1.66. The molecule has 2 nitrogen and oxygen atoms in total. The topological polar surface area (TPSA) is 21.3 Å². The summed E-state index contributed by atoms with van der Waals surface area (Å²) in [6, 6.07) is 0.833. The lowest BCUT2D eigenvalue weighted by Crippen LogP contribution is -2.35. The fourth-order valence-corrected chi connectivity index (χ4v) is 1.96. The highest BCUT2D eigenvalue weighted by atomic mass is 16.5. The van der Waals surface area contributed by atoms with Crippen LogP contribution in [0.3, 0.4) is 0 Å². The molecule has 0 saturated heterocycles. The summed E-state index contributed by atoms with van der Waals surface area (Å²) >= 11 is 0. The van der Waals surface area contributed by atoms with Gasteiger partial charge in [-0.15, -0.1) is 0 Å². The van der Waals surface area contributed by atoms with Crippen molar-refractivity contribution in [2.24, 2.45) is 11.8 Å². The van der Waals surface area contributed by atoms with Gasteiger partial charge in [-0.2, -0.15) is 0 Å². The molecule has 0 aromatic heterocycles. The summed E-state index contributed by atoms with van der Waals surface area (Å²) in [5.41, 5.74) is 0. The van der Waals surface area contributed by atoms with E-state index in [2.05, 4.69) is 5.32 Å². The molecule has 0 bridgehead atoms. The van der Waals surface area contributed by atoms with E-state index >= 15 is 0 Å². The van der Waals surface area contributed by atoms with Crippen molar-refractivity contribution in [3.8, 4) is 0 Å². The van der Waals surface area contributed by atoms with E-state index in [1.54, 1.807) is 7.11 Å². The maximum absolute atomic E-state index is 5.03.